The second kappa shape index (κ2) is 4.83. The van der Waals surface area contributed by atoms with E-state index in [2.05, 4.69) is 0 Å². The molecule has 4 N–H and O–H groups in total. The molecule has 1 aromatic rings. The molecule has 1 heterocycles. The molecule has 2 atom stereocenters. The number of benzene rings is 1. The lowest BCUT2D eigenvalue weighted by atomic mass is 9.98. The van der Waals surface area contributed by atoms with Gasteiger partial charge in [-0.3, -0.25) is 0 Å². The van der Waals surface area contributed by atoms with Crippen molar-refractivity contribution in [1.29, 1.82) is 0 Å². The maximum absolute atomic E-state index is 11.3. The van der Waals surface area contributed by atoms with E-state index in [-0.39, 0.29) is 12.6 Å². The van der Waals surface area contributed by atoms with E-state index in [0.29, 0.717) is 24.1 Å². The van der Waals surface area contributed by atoms with Crippen LogP contribution in [0.5, 0.6) is 0 Å². The molecule has 0 spiro atoms. The number of rotatable bonds is 4. The molecule has 92 valence electrons. The maximum Gasteiger partial charge on any atom is 0.338 e. The normalized spacial score (nSPS) is 17.5. The zero-order valence-corrected chi connectivity index (χ0v) is 9.30. The molecular formula is C12H15NO4. The number of ether oxygens (including phenoxy) is 1. The van der Waals surface area contributed by atoms with Crippen LogP contribution in [-0.2, 0) is 11.3 Å². The molecule has 0 radical (unpaired) electrons. The van der Waals surface area contributed by atoms with Crippen LogP contribution in [0.4, 0.5) is 0 Å². The molecule has 5 heteroatoms. The Morgan fingerprint density at radius 1 is 1.41 bits per heavy atom. The minimum Gasteiger partial charge on any atom is -0.457 e. The van der Waals surface area contributed by atoms with Crippen molar-refractivity contribution >= 4 is 5.97 Å². The SMILES string of the molecule is NCCC(O)C(O)c1ccc2c(c1)C(=O)OC2. The average Bonchev–Trinajstić information content (AvgIpc) is 2.70. The van der Waals surface area contributed by atoms with Crippen LogP contribution in [0, 0.1) is 0 Å². The lowest BCUT2D eigenvalue weighted by Gasteiger charge is -2.17. The van der Waals surface area contributed by atoms with Crippen LogP contribution in [0.2, 0.25) is 0 Å². The van der Waals surface area contributed by atoms with Crippen molar-refractivity contribution in [1.82, 2.24) is 0 Å². The van der Waals surface area contributed by atoms with Gasteiger partial charge in [-0.1, -0.05) is 12.1 Å². The first-order valence-electron chi connectivity index (χ1n) is 5.49. The quantitative estimate of drug-likeness (QED) is 0.646. The van der Waals surface area contributed by atoms with Crippen LogP contribution in [0.25, 0.3) is 0 Å². The Morgan fingerprint density at radius 3 is 2.88 bits per heavy atom. The summed E-state index contributed by atoms with van der Waals surface area (Å²) in [5.41, 5.74) is 7.08. The summed E-state index contributed by atoms with van der Waals surface area (Å²) in [6.07, 6.45) is -1.64. The van der Waals surface area contributed by atoms with Crippen molar-refractivity contribution in [2.75, 3.05) is 6.54 Å². The lowest BCUT2D eigenvalue weighted by molar-refractivity contribution is 0.0149. The highest BCUT2D eigenvalue weighted by atomic mass is 16.5. The molecule has 0 aromatic heterocycles. The Hall–Kier alpha value is -1.43. The lowest BCUT2D eigenvalue weighted by Crippen LogP contribution is -2.22. The topological polar surface area (TPSA) is 92.8 Å². The summed E-state index contributed by atoms with van der Waals surface area (Å²) in [5.74, 6) is -0.387. The van der Waals surface area contributed by atoms with Crippen molar-refractivity contribution in [3.63, 3.8) is 0 Å². The Morgan fingerprint density at radius 2 is 2.18 bits per heavy atom. The zero-order valence-electron chi connectivity index (χ0n) is 9.30. The molecule has 1 aliphatic heterocycles. The second-order valence-electron chi connectivity index (χ2n) is 4.08. The third-order valence-electron chi connectivity index (χ3n) is 2.88. The van der Waals surface area contributed by atoms with E-state index in [1.54, 1.807) is 18.2 Å². The van der Waals surface area contributed by atoms with Gasteiger partial charge in [-0.05, 0) is 24.6 Å². The summed E-state index contributed by atoms with van der Waals surface area (Å²) in [4.78, 5) is 11.3. The molecule has 0 aliphatic carbocycles. The number of aliphatic hydroxyl groups excluding tert-OH is 2. The minimum absolute atomic E-state index is 0.274. The number of aliphatic hydroxyl groups is 2. The van der Waals surface area contributed by atoms with Crippen LogP contribution in [0.3, 0.4) is 0 Å². The number of carbonyl (C=O) groups is 1. The highest BCUT2D eigenvalue weighted by Gasteiger charge is 2.24. The maximum atomic E-state index is 11.3. The average molecular weight is 237 g/mol. The molecule has 2 unspecified atom stereocenters. The van der Waals surface area contributed by atoms with Crippen LogP contribution in [-0.4, -0.2) is 28.8 Å². The highest BCUT2D eigenvalue weighted by Crippen LogP contribution is 2.26. The number of fused-ring (bicyclic) bond motifs is 1. The van der Waals surface area contributed by atoms with E-state index in [0.717, 1.165) is 5.56 Å². The fraction of sp³-hybridized carbons (Fsp3) is 0.417. The Kier molecular flexibility index (Phi) is 3.42. The van der Waals surface area contributed by atoms with Crippen molar-refractivity contribution in [2.45, 2.75) is 25.2 Å². The summed E-state index contributed by atoms with van der Waals surface area (Å²) in [6, 6.07) is 4.98. The third kappa shape index (κ3) is 2.31. The fourth-order valence-electron chi connectivity index (χ4n) is 1.87. The minimum atomic E-state index is -1.03. The van der Waals surface area contributed by atoms with Crippen LogP contribution < -0.4 is 5.73 Å². The number of nitrogens with two attached hydrogens (primary N) is 1. The molecule has 1 aliphatic rings. The number of esters is 1. The molecule has 0 bridgehead atoms. The molecule has 17 heavy (non-hydrogen) atoms. The summed E-state index contributed by atoms with van der Waals surface area (Å²) in [7, 11) is 0. The van der Waals surface area contributed by atoms with E-state index in [9.17, 15) is 15.0 Å². The fourth-order valence-corrected chi connectivity index (χ4v) is 1.87. The van der Waals surface area contributed by atoms with Crippen molar-refractivity contribution < 1.29 is 19.7 Å². The van der Waals surface area contributed by atoms with Gasteiger partial charge in [-0.15, -0.1) is 0 Å². The molecule has 5 nitrogen and oxygen atoms in total. The van der Waals surface area contributed by atoms with Crippen LogP contribution in [0.15, 0.2) is 18.2 Å². The van der Waals surface area contributed by atoms with Gasteiger partial charge in [0.2, 0.25) is 0 Å². The standard InChI is InChI=1S/C12H15NO4/c13-4-3-10(14)11(15)7-1-2-8-6-17-12(16)9(8)5-7/h1-2,5,10-11,14-15H,3-4,6,13H2. The zero-order chi connectivity index (χ0) is 12.4. The largest absolute Gasteiger partial charge is 0.457 e. The Bertz CT molecular complexity index is 433. The molecule has 0 saturated heterocycles. The molecule has 2 rings (SSSR count). The Labute approximate surface area is 98.8 Å². The highest BCUT2D eigenvalue weighted by molar-refractivity contribution is 5.93. The van der Waals surface area contributed by atoms with Crippen LogP contribution >= 0.6 is 0 Å². The first kappa shape index (κ1) is 12.0. The van der Waals surface area contributed by atoms with Gasteiger partial charge >= 0.3 is 5.97 Å². The predicted molar refractivity (Wildman–Crippen MR) is 60.2 cm³/mol. The van der Waals surface area contributed by atoms with E-state index in [4.69, 9.17) is 10.5 Å². The van der Waals surface area contributed by atoms with Gasteiger partial charge in [-0.25, -0.2) is 4.79 Å². The van der Waals surface area contributed by atoms with Gasteiger partial charge in [0, 0.05) is 5.56 Å². The summed E-state index contributed by atoms with van der Waals surface area (Å²) < 4.78 is 4.86. The molecule has 0 amide bonds. The summed E-state index contributed by atoms with van der Waals surface area (Å²) in [6.45, 7) is 0.571. The second-order valence-corrected chi connectivity index (χ2v) is 4.08. The van der Waals surface area contributed by atoms with E-state index >= 15 is 0 Å². The van der Waals surface area contributed by atoms with E-state index in [1.807, 2.05) is 0 Å². The van der Waals surface area contributed by atoms with Crippen molar-refractivity contribution in [3.05, 3.63) is 34.9 Å². The molecule has 0 fully saturated rings. The predicted octanol–water partition coefficient (Wildman–Crippen LogP) is 0.100. The van der Waals surface area contributed by atoms with Gasteiger partial charge in [0.1, 0.15) is 12.7 Å². The van der Waals surface area contributed by atoms with Gasteiger partial charge < -0.3 is 20.7 Å². The number of cyclic esters (lactones) is 1. The summed E-state index contributed by atoms with van der Waals surface area (Å²) in [5, 5.41) is 19.5. The molecular weight excluding hydrogens is 222 g/mol. The smallest absolute Gasteiger partial charge is 0.338 e. The Balaban J connectivity index is 2.22. The van der Waals surface area contributed by atoms with Gasteiger partial charge in [0.25, 0.3) is 0 Å². The number of hydrogen-bond donors (Lipinski definition) is 3. The van der Waals surface area contributed by atoms with Gasteiger partial charge in [-0.2, -0.15) is 0 Å². The van der Waals surface area contributed by atoms with E-state index in [1.165, 1.54) is 0 Å². The monoisotopic (exact) mass is 237 g/mol. The number of hydrogen-bond acceptors (Lipinski definition) is 5. The van der Waals surface area contributed by atoms with Gasteiger partial charge in [0.05, 0.1) is 11.7 Å². The number of carbonyl (C=O) groups excluding carboxylic acids is 1. The molecule has 1 aromatic carbocycles. The third-order valence-corrected chi connectivity index (χ3v) is 2.88. The van der Waals surface area contributed by atoms with Gasteiger partial charge in [0.15, 0.2) is 0 Å². The van der Waals surface area contributed by atoms with E-state index < -0.39 is 12.2 Å². The van der Waals surface area contributed by atoms with Crippen molar-refractivity contribution in [3.8, 4) is 0 Å². The first-order chi connectivity index (χ1) is 8.13. The summed E-state index contributed by atoms with van der Waals surface area (Å²) >= 11 is 0. The molecule has 0 saturated carbocycles. The first-order valence-corrected chi connectivity index (χ1v) is 5.49. The van der Waals surface area contributed by atoms with Crippen LogP contribution in [0.1, 0.15) is 34.0 Å². The van der Waals surface area contributed by atoms with Crippen molar-refractivity contribution in [2.24, 2.45) is 5.73 Å².